The van der Waals surface area contributed by atoms with E-state index in [4.69, 9.17) is 11.6 Å². The number of rotatable bonds is 4. The van der Waals surface area contributed by atoms with Gasteiger partial charge in [-0.05, 0) is 23.2 Å². The lowest BCUT2D eigenvalue weighted by molar-refractivity contribution is -0.276. The minimum absolute atomic E-state index is 0.169. The Labute approximate surface area is 116 Å². The highest BCUT2D eigenvalue weighted by Gasteiger charge is 2.35. The number of carbonyl (C=O) groups is 1. The van der Waals surface area contributed by atoms with Crippen molar-refractivity contribution in [2.45, 2.75) is 18.1 Å². The van der Waals surface area contributed by atoms with Gasteiger partial charge >= 0.3 is 6.36 Å². The van der Waals surface area contributed by atoms with Gasteiger partial charge in [-0.15, -0.1) is 13.2 Å². The number of aromatic nitrogens is 1. The smallest absolute Gasteiger partial charge is 0.387 e. The van der Waals surface area contributed by atoms with Gasteiger partial charge in [0.25, 0.3) is 11.7 Å². The average Bonchev–Trinajstić information content (AvgIpc) is 2.24. The highest BCUT2D eigenvalue weighted by Crippen LogP contribution is 2.32. The SMILES string of the molecule is O=C(Cl)c1c(CBr)cc(C(F)F)nc1OC(F)(F)F. The lowest BCUT2D eigenvalue weighted by Crippen LogP contribution is -2.20. The van der Waals surface area contributed by atoms with E-state index in [2.05, 4.69) is 25.7 Å². The summed E-state index contributed by atoms with van der Waals surface area (Å²) < 4.78 is 64.9. The predicted molar refractivity (Wildman–Crippen MR) is 58.7 cm³/mol. The number of halogens is 7. The highest BCUT2D eigenvalue weighted by molar-refractivity contribution is 9.08. The summed E-state index contributed by atoms with van der Waals surface area (Å²) in [5.41, 5.74) is -1.83. The number of hydrogen-bond acceptors (Lipinski definition) is 3. The molecule has 0 bridgehead atoms. The van der Waals surface area contributed by atoms with E-state index in [0.717, 1.165) is 6.07 Å². The van der Waals surface area contributed by atoms with Gasteiger partial charge in [0, 0.05) is 5.33 Å². The molecule has 0 aromatic carbocycles. The van der Waals surface area contributed by atoms with Crippen molar-refractivity contribution in [1.29, 1.82) is 0 Å². The second kappa shape index (κ2) is 6.00. The predicted octanol–water partition coefficient (Wildman–Crippen LogP) is 4.19. The summed E-state index contributed by atoms with van der Waals surface area (Å²) in [6.45, 7) is 0. The van der Waals surface area contributed by atoms with Crippen LogP contribution in [0.15, 0.2) is 6.07 Å². The molecule has 0 unspecified atom stereocenters. The molecule has 0 radical (unpaired) electrons. The van der Waals surface area contributed by atoms with Crippen molar-refractivity contribution in [3.05, 3.63) is 22.9 Å². The van der Waals surface area contributed by atoms with Crippen LogP contribution in [0.5, 0.6) is 5.88 Å². The number of pyridine rings is 1. The summed E-state index contributed by atoms with van der Waals surface area (Å²) in [6.07, 6.45) is -8.30. The lowest BCUT2D eigenvalue weighted by Gasteiger charge is -2.14. The van der Waals surface area contributed by atoms with Crippen LogP contribution in [0.1, 0.15) is 28.0 Å². The minimum atomic E-state index is -5.18. The molecule has 3 nitrogen and oxygen atoms in total. The Kier molecular flexibility index (Phi) is 5.08. The van der Waals surface area contributed by atoms with Crippen molar-refractivity contribution >= 4 is 32.8 Å². The topological polar surface area (TPSA) is 39.2 Å². The van der Waals surface area contributed by atoms with Crippen molar-refractivity contribution in [1.82, 2.24) is 4.98 Å². The van der Waals surface area contributed by atoms with Crippen LogP contribution >= 0.6 is 27.5 Å². The van der Waals surface area contributed by atoms with Gasteiger partial charge in [-0.2, -0.15) is 0 Å². The van der Waals surface area contributed by atoms with Crippen molar-refractivity contribution < 1.29 is 31.5 Å². The second-order valence-electron chi connectivity index (χ2n) is 3.14. The zero-order valence-corrected chi connectivity index (χ0v) is 11.1. The van der Waals surface area contributed by atoms with Gasteiger partial charge in [0.1, 0.15) is 11.3 Å². The van der Waals surface area contributed by atoms with E-state index >= 15 is 0 Å². The van der Waals surface area contributed by atoms with Crippen LogP contribution in [0.3, 0.4) is 0 Å². The molecule has 0 N–H and O–H groups in total. The Balaban J connectivity index is 3.45. The first-order chi connectivity index (χ1) is 8.65. The fourth-order valence-corrected chi connectivity index (χ4v) is 1.85. The van der Waals surface area contributed by atoms with Gasteiger partial charge in [-0.1, -0.05) is 15.9 Å². The third-order valence-corrected chi connectivity index (χ3v) is 2.66. The summed E-state index contributed by atoms with van der Waals surface area (Å²) in [6, 6.07) is 0.776. The van der Waals surface area contributed by atoms with Gasteiger partial charge in [0.15, 0.2) is 0 Å². The molecule has 0 fully saturated rings. The van der Waals surface area contributed by atoms with Crippen LogP contribution < -0.4 is 4.74 Å². The molecule has 1 heterocycles. The number of alkyl halides is 6. The summed E-state index contributed by atoms with van der Waals surface area (Å²) in [4.78, 5) is 14.1. The summed E-state index contributed by atoms with van der Waals surface area (Å²) in [5.74, 6) is -1.29. The van der Waals surface area contributed by atoms with E-state index in [1.807, 2.05) is 0 Å². The number of nitrogens with zero attached hydrogens (tertiary/aromatic N) is 1. The summed E-state index contributed by atoms with van der Waals surface area (Å²) in [7, 11) is 0. The van der Waals surface area contributed by atoms with Crippen molar-refractivity contribution in [3.8, 4) is 5.88 Å². The van der Waals surface area contributed by atoms with Gasteiger partial charge in [-0.3, -0.25) is 4.79 Å². The Morgan fingerprint density at radius 1 is 1.47 bits per heavy atom. The van der Waals surface area contributed by atoms with Crippen molar-refractivity contribution in [3.63, 3.8) is 0 Å². The molecule has 0 aliphatic carbocycles. The third-order valence-electron chi connectivity index (χ3n) is 1.86. The van der Waals surface area contributed by atoms with Gasteiger partial charge in [0.05, 0.1) is 0 Å². The molecule has 1 rings (SSSR count). The molecular formula is C9H4BrClF5NO2. The fraction of sp³-hybridized carbons (Fsp3) is 0.333. The Hall–Kier alpha value is -0.960. The monoisotopic (exact) mass is 367 g/mol. The molecule has 0 saturated carbocycles. The van der Waals surface area contributed by atoms with Crippen LogP contribution in [-0.2, 0) is 5.33 Å². The van der Waals surface area contributed by atoms with Crippen LogP contribution in [0.4, 0.5) is 22.0 Å². The molecule has 0 aliphatic rings. The van der Waals surface area contributed by atoms with E-state index < -0.39 is 35.2 Å². The number of carbonyl (C=O) groups excluding carboxylic acids is 1. The maximum atomic E-state index is 12.5. The molecule has 0 saturated heterocycles. The van der Waals surface area contributed by atoms with Crippen LogP contribution in [0.25, 0.3) is 0 Å². The normalized spacial score (nSPS) is 11.8. The quantitative estimate of drug-likeness (QED) is 0.454. The molecule has 0 atom stereocenters. The number of ether oxygens (including phenoxy) is 1. The van der Waals surface area contributed by atoms with Gasteiger partial charge < -0.3 is 4.74 Å². The maximum absolute atomic E-state index is 12.5. The Morgan fingerprint density at radius 2 is 2.05 bits per heavy atom. The van der Waals surface area contributed by atoms with Gasteiger partial charge in [0.2, 0.25) is 5.88 Å². The lowest BCUT2D eigenvalue weighted by atomic mass is 10.1. The number of hydrogen-bond donors (Lipinski definition) is 0. The molecule has 0 aliphatic heterocycles. The fourth-order valence-electron chi connectivity index (χ4n) is 1.20. The van der Waals surface area contributed by atoms with E-state index in [0.29, 0.717) is 0 Å². The first kappa shape index (κ1) is 16.1. The molecule has 106 valence electrons. The van der Waals surface area contributed by atoms with Crippen LogP contribution in [0, 0.1) is 0 Å². The third kappa shape index (κ3) is 4.27. The highest BCUT2D eigenvalue weighted by atomic mass is 79.9. The van der Waals surface area contributed by atoms with E-state index in [9.17, 15) is 26.7 Å². The van der Waals surface area contributed by atoms with Crippen LogP contribution in [0.2, 0.25) is 0 Å². The van der Waals surface area contributed by atoms with Crippen LogP contribution in [-0.4, -0.2) is 16.6 Å². The van der Waals surface area contributed by atoms with Crippen molar-refractivity contribution in [2.24, 2.45) is 0 Å². The molecule has 1 aromatic heterocycles. The molecular weight excluding hydrogens is 364 g/mol. The first-order valence-corrected chi connectivity index (χ1v) is 5.99. The van der Waals surface area contributed by atoms with E-state index in [-0.39, 0.29) is 10.9 Å². The van der Waals surface area contributed by atoms with Gasteiger partial charge in [-0.25, -0.2) is 13.8 Å². The Bertz CT molecular complexity index is 494. The minimum Gasteiger partial charge on any atom is -0.387 e. The standard InChI is InChI=1S/C9H4BrClF5NO2/c10-2-3-1-4(7(12)13)17-8(5(3)6(11)18)19-9(14,15)16/h1,7H,2H2. The first-order valence-electron chi connectivity index (χ1n) is 4.49. The zero-order chi connectivity index (χ0) is 14.8. The second-order valence-corrected chi connectivity index (χ2v) is 4.05. The largest absolute Gasteiger partial charge is 0.574 e. The molecule has 0 amide bonds. The molecule has 19 heavy (non-hydrogen) atoms. The van der Waals surface area contributed by atoms with E-state index in [1.54, 1.807) is 0 Å². The Morgan fingerprint density at radius 3 is 2.42 bits per heavy atom. The molecule has 0 spiro atoms. The van der Waals surface area contributed by atoms with E-state index in [1.165, 1.54) is 0 Å². The summed E-state index contributed by atoms with van der Waals surface area (Å²) in [5, 5.41) is -1.46. The summed E-state index contributed by atoms with van der Waals surface area (Å²) >= 11 is 7.97. The average molecular weight is 368 g/mol. The zero-order valence-electron chi connectivity index (χ0n) is 8.77. The van der Waals surface area contributed by atoms with Crippen molar-refractivity contribution in [2.75, 3.05) is 0 Å². The maximum Gasteiger partial charge on any atom is 0.574 e. The molecule has 1 aromatic rings. The molecule has 10 heteroatoms.